The van der Waals surface area contributed by atoms with Gasteiger partial charge in [0.15, 0.2) is 5.76 Å². The van der Waals surface area contributed by atoms with Crippen LogP contribution >= 0.6 is 0 Å². The van der Waals surface area contributed by atoms with Crippen molar-refractivity contribution >= 4 is 39.5 Å². The molecular formula is C23H25N3O4S. The fraction of sp³-hybridized carbons (Fsp3) is 0.217. The first-order valence-corrected chi connectivity index (χ1v) is 11.3. The second kappa shape index (κ2) is 9.18. The fourth-order valence-corrected chi connectivity index (χ4v) is 4.05. The zero-order valence-electron chi connectivity index (χ0n) is 17.9. The smallest absolute Gasteiger partial charge is 0.264 e. The lowest BCUT2D eigenvalue weighted by molar-refractivity contribution is -0.115. The number of rotatable bonds is 7. The van der Waals surface area contributed by atoms with E-state index in [9.17, 15) is 13.2 Å². The minimum absolute atomic E-state index is 0.131. The lowest BCUT2D eigenvalue weighted by Crippen LogP contribution is -2.26. The Morgan fingerprint density at radius 2 is 1.71 bits per heavy atom. The molecule has 0 bridgehead atoms. The van der Waals surface area contributed by atoms with Crippen LogP contribution in [0.25, 0.3) is 12.2 Å². The molecule has 1 amide bonds. The molecule has 0 atom stereocenters. The van der Waals surface area contributed by atoms with E-state index in [1.165, 1.54) is 11.4 Å². The van der Waals surface area contributed by atoms with Crippen molar-refractivity contribution < 1.29 is 17.7 Å². The first-order chi connectivity index (χ1) is 14.7. The molecule has 2 aromatic carbocycles. The second-order valence-electron chi connectivity index (χ2n) is 7.12. The van der Waals surface area contributed by atoms with Crippen LogP contribution in [0.1, 0.15) is 35.9 Å². The number of anilines is 2. The number of benzene rings is 2. The number of carbonyl (C=O) groups is 1. The Bertz CT molecular complexity index is 1190. The van der Waals surface area contributed by atoms with Gasteiger partial charge < -0.3 is 9.84 Å². The maximum absolute atomic E-state index is 12.9. The van der Waals surface area contributed by atoms with Gasteiger partial charge in [-0.15, -0.1) is 0 Å². The highest BCUT2D eigenvalue weighted by molar-refractivity contribution is 7.92. The van der Waals surface area contributed by atoms with Crippen molar-refractivity contribution in [1.29, 1.82) is 0 Å². The third kappa shape index (κ3) is 5.03. The monoisotopic (exact) mass is 439 g/mol. The summed E-state index contributed by atoms with van der Waals surface area (Å²) < 4.78 is 32.4. The first-order valence-electron chi connectivity index (χ1n) is 9.82. The molecule has 1 aromatic heterocycles. The van der Waals surface area contributed by atoms with E-state index >= 15 is 0 Å². The molecule has 0 saturated heterocycles. The van der Waals surface area contributed by atoms with Crippen LogP contribution in [0, 0.1) is 13.8 Å². The van der Waals surface area contributed by atoms with Gasteiger partial charge in [-0.2, -0.15) is 0 Å². The lowest BCUT2D eigenvalue weighted by atomic mass is 10.2. The van der Waals surface area contributed by atoms with Gasteiger partial charge in [-0.25, -0.2) is 8.42 Å². The van der Waals surface area contributed by atoms with E-state index in [-0.39, 0.29) is 10.8 Å². The Hall–Kier alpha value is -3.39. The molecule has 0 radical (unpaired) electrons. The summed E-state index contributed by atoms with van der Waals surface area (Å²) in [6.45, 7) is 5.46. The maximum atomic E-state index is 12.9. The Labute approximate surface area is 182 Å². The topological polar surface area (TPSA) is 92.5 Å². The van der Waals surface area contributed by atoms with Crippen molar-refractivity contribution in [2.75, 3.05) is 16.7 Å². The molecule has 0 fully saturated rings. The molecule has 0 aliphatic heterocycles. The molecule has 0 aliphatic rings. The molecule has 3 aromatic rings. The average molecular weight is 440 g/mol. The van der Waals surface area contributed by atoms with E-state index in [1.54, 1.807) is 62.4 Å². The average Bonchev–Trinajstić information content (AvgIpc) is 3.11. The van der Waals surface area contributed by atoms with Gasteiger partial charge >= 0.3 is 0 Å². The lowest BCUT2D eigenvalue weighted by Gasteiger charge is -2.19. The zero-order valence-corrected chi connectivity index (χ0v) is 18.7. The number of nitrogens with zero attached hydrogens (tertiary/aromatic N) is 2. The SMILES string of the molecule is CCC(=O)Nc1c(C)noc1/C=C\c1ccc(S(=O)(=O)N(C)c2ccc(C)cc2)cc1. The van der Waals surface area contributed by atoms with E-state index in [0.29, 0.717) is 29.2 Å². The fourth-order valence-electron chi connectivity index (χ4n) is 2.86. The van der Waals surface area contributed by atoms with Crippen LogP contribution < -0.4 is 9.62 Å². The number of aromatic nitrogens is 1. The van der Waals surface area contributed by atoms with Crippen LogP contribution in [0.2, 0.25) is 0 Å². The Balaban J connectivity index is 1.79. The molecule has 7 nitrogen and oxygen atoms in total. The molecule has 0 saturated carbocycles. The number of aryl methyl sites for hydroxylation is 2. The molecule has 0 spiro atoms. The summed E-state index contributed by atoms with van der Waals surface area (Å²) in [4.78, 5) is 11.9. The minimum atomic E-state index is -3.68. The van der Waals surface area contributed by atoms with Crippen molar-refractivity contribution in [1.82, 2.24) is 5.16 Å². The van der Waals surface area contributed by atoms with Gasteiger partial charge in [0.05, 0.1) is 10.6 Å². The summed E-state index contributed by atoms with van der Waals surface area (Å²) in [6.07, 6.45) is 3.80. The number of carbonyl (C=O) groups excluding carboxylic acids is 1. The number of hydrogen-bond donors (Lipinski definition) is 1. The van der Waals surface area contributed by atoms with Crippen LogP contribution in [-0.2, 0) is 14.8 Å². The zero-order chi connectivity index (χ0) is 22.6. The van der Waals surface area contributed by atoms with Crippen LogP contribution in [0.4, 0.5) is 11.4 Å². The molecule has 0 unspecified atom stereocenters. The minimum Gasteiger partial charge on any atom is -0.354 e. The molecule has 3 rings (SSSR count). The third-order valence-electron chi connectivity index (χ3n) is 4.84. The molecule has 8 heteroatoms. The second-order valence-corrected chi connectivity index (χ2v) is 9.09. The molecular weight excluding hydrogens is 414 g/mol. The maximum Gasteiger partial charge on any atom is 0.264 e. The van der Waals surface area contributed by atoms with E-state index in [4.69, 9.17) is 4.52 Å². The quantitative estimate of drug-likeness (QED) is 0.579. The summed E-state index contributed by atoms with van der Waals surface area (Å²) in [6, 6.07) is 13.8. The molecule has 1 N–H and O–H groups in total. The Morgan fingerprint density at radius 1 is 1.06 bits per heavy atom. The number of amides is 1. The third-order valence-corrected chi connectivity index (χ3v) is 6.64. The first kappa shape index (κ1) is 22.3. The van der Waals surface area contributed by atoms with Gasteiger partial charge in [0.1, 0.15) is 11.4 Å². The summed E-state index contributed by atoms with van der Waals surface area (Å²) in [5, 5.41) is 6.66. The van der Waals surface area contributed by atoms with Gasteiger partial charge in [0.2, 0.25) is 5.91 Å². The van der Waals surface area contributed by atoms with Crippen LogP contribution in [0.15, 0.2) is 57.9 Å². The summed E-state index contributed by atoms with van der Waals surface area (Å²) in [5.41, 5.74) is 3.55. The summed E-state index contributed by atoms with van der Waals surface area (Å²) >= 11 is 0. The highest BCUT2D eigenvalue weighted by Gasteiger charge is 2.21. The molecule has 0 aliphatic carbocycles. The highest BCUT2D eigenvalue weighted by atomic mass is 32.2. The van der Waals surface area contributed by atoms with Crippen LogP contribution in [0.3, 0.4) is 0 Å². The van der Waals surface area contributed by atoms with Gasteiger partial charge in [-0.1, -0.05) is 48.0 Å². The molecule has 1 heterocycles. The number of nitrogens with one attached hydrogen (secondary N) is 1. The summed E-state index contributed by atoms with van der Waals surface area (Å²) in [7, 11) is -2.14. The Morgan fingerprint density at radius 3 is 2.32 bits per heavy atom. The number of sulfonamides is 1. The van der Waals surface area contributed by atoms with Gasteiger partial charge in [-0.3, -0.25) is 9.10 Å². The molecule has 31 heavy (non-hydrogen) atoms. The van der Waals surface area contributed by atoms with Crippen molar-refractivity contribution in [3.8, 4) is 0 Å². The van der Waals surface area contributed by atoms with E-state index in [2.05, 4.69) is 10.5 Å². The van der Waals surface area contributed by atoms with Crippen molar-refractivity contribution in [2.45, 2.75) is 32.1 Å². The molecule has 162 valence electrons. The Kier molecular flexibility index (Phi) is 6.60. The van der Waals surface area contributed by atoms with Gasteiger partial charge in [-0.05, 0) is 49.8 Å². The van der Waals surface area contributed by atoms with Crippen molar-refractivity contribution in [3.05, 3.63) is 71.1 Å². The predicted molar refractivity (Wildman–Crippen MR) is 122 cm³/mol. The van der Waals surface area contributed by atoms with E-state index in [1.807, 2.05) is 19.1 Å². The van der Waals surface area contributed by atoms with Crippen LogP contribution in [0.5, 0.6) is 0 Å². The predicted octanol–water partition coefficient (Wildman–Crippen LogP) is 4.64. The standard InChI is InChI=1S/C23H25N3O4S/c1-5-22(27)24-23-17(3)25-30-21(23)15-10-18-8-13-20(14-9-18)31(28,29)26(4)19-11-6-16(2)7-12-19/h6-15H,5H2,1-4H3,(H,24,27)/b15-10-. The van der Waals surface area contributed by atoms with Crippen molar-refractivity contribution in [3.63, 3.8) is 0 Å². The van der Waals surface area contributed by atoms with Gasteiger partial charge in [0, 0.05) is 13.5 Å². The van der Waals surface area contributed by atoms with Gasteiger partial charge in [0.25, 0.3) is 10.0 Å². The number of hydrogen-bond acceptors (Lipinski definition) is 5. The summed E-state index contributed by atoms with van der Waals surface area (Å²) in [5.74, 6) is 0.295. The van der Waals surface area contributed by atoms with Crippen LogP contribution in [-0.4, -0.2) is 26.5 Å². The normalized spacial score (nSPS) is 11.6. The van der Waals surface area contributed by atoms with E-state index in [0.717, 1.165) is 11.1 Å². The largest absolute Gasteiger partial charge is 0.354 e. The van der Waals surface area contributed by atoms with Crippen molar-refractivity contribution in [2.24, 2.45) is 0 Å². The van der Waals surface area contributed by atoms with E-state index < -0.39 is 10.0 Å². The highest BCUT2D eigenvalue weighted by Crippen LogP contribution is 2.25.